The lowest BCUT2D eigenvalue weighted by Crippen LogP contribution is -2.45. The highest BCUT2D eigenvalue weighted by Crippen LogP contribution is 2.25. The highest BCUT2D eigenvalue weighted by molar-refractivity contribution is 5.97. The highest BCUT2D eigenvalue weighted by Gasteiger charge is 2.31. The first-order valence-corrected chi connectivity index (χ1v) is 12.9. The maximum absolute atomic E-state index is 13.8. The van der Waals surface area contributed by atoms with Gasteiger partial charge in [-0.2, -0.15) is 0 Å². The molecule has 4 rings (SSSR count). The van der Waals surface area contributed by atoms with E-state index in [1.165, 1.54) is 12.1 Å². The minimum atomic E-state index is -4.81. The lowest BCUT2D eigenvalue weighted by Gasteiger charge is -2.32. The molecule has 3 aromatic rings. The van der Waals surface area contributed by atoms with Gasteiger partial charge in [-0.25, -0.2) is 0 Å². The van der Waals surface area contributed by atoms with Gasteiger partial charge in [0.15, 0.2) is 0 Å². The van der Waals surface area contributed by atoms with Crippen molar-refractivity contribution in [2.75, 3.05) is 26.7 Å². The largest absolute Gasteiger partial charge is 0.573 e. The van der Waals surface area contributed by atoms with Gasteiger partial charge in [-0.05, 0) is 67.6 Å². The van der Waals surface area contributed by atoms with Crippen molar-refractivity contribution in [2.24, 2.45) is 0 Å². The van der Waals surface area contributed by atoms with Crippen molar-refractivity contribution in [3.05, 3.63) is 95.6 Å². The Balaban J connectivity index is 1.66. The van der Waals surface area contributed by atoms with Gasteiger partial charge < -0.3 is 19.3 Å². The third kappa shape index (κ3) is 7.75. The van der Waals surface area contributed by atoms with E-state index in [1.54, 1.807) is 41.1 Å². The number of ether oxygens (including phenoxy) is 2. The maximum atomic E-state index is 13.8. The molecule has 1 atom stereocenters. The topological polar surface area (TPSA) is 59.1 Å². The summed E-state index contributed by atoms with van der Waals surface area (Å²) in [5.41, 5.74) is 1.71. The molecule has 39 heavy (non-hydrogen) atoms. The highest BCUT2D eigenvalue weighted by atomic mass is 19.4. The van der Waals surface area contributed by atoms with Crippen LogP contribution in [-0.2, 0) is 6.42 Å². The molecule has 9 heteroatoms. The number of halogens is 3. The summed E-state index contributed by atoms with van der Waals surface area (Å²) in [6.07, 6.45) is -2.06. The third-order valence-electron chi connectivity index (χ3n) is 6.64. The molecule has 0 unspecified atom stereocenters. The molecule has 0 saturated carbocycles. The van der Waals surface area contributed by atoms with E-state index in [-0.39, 0.29) is 24.0 Å². The molecule has 1 heterocycles. The van der Waals surface area contributed by atoms with Gasteiger partial charge in [0, 0.05) is 25.7 Å². The molecule has 0 N–H and O–H groups in total. The minimum Gasteiger partial charge on any atom is -0.491 e. The van der Waals surface area contributed by atoms with Crippen molar-refractivity contribution < 1.29 is 32.2 Å². The number of hydrogen-bond donors (Lipinski definition) is 0. The Morgan fingerprint density at radius 3 is 2.31 bits per heavy atom. The van der Waals surface area contributed by atoms with E-state index in [0.29, 0.717) is 37.2 Å². The zero-order valence-corrected chi connectivity index (χ0v) is 21.7. The molecule has 6 nitrogen and oxygen atoms in total. The van der Waals surface area contributed by atoms with Crippen molar-refractivity contribution in [1.82, 2.24) is 9.80 Å². The van der Waals surface area contributed by atoms with Crippen molar-refractivity contribution in [2.45, 2.75) is 38.1 Å². The molecule has 0 aliphatic carbocycles. The molecule has 0 saturated heterocycles. The van der Waals surface area contributed by atoms with E-state index >= 15 is 0 Å². The number of rotatable bonds is 4. The Kier molecular flexibility index (Phi) is 9.11. The molecule has 0 bridgehead atoms. The first kappa shape index (κ1) is 28.0. The first-order valence-electron chi connectivity index (χ1n) is 12.9. The fraction of sp³-hybridized carbons (Fsp3) is 0.333. The maximum Gasteiger partial charge on any atom is 0.573 e. The Labute approximate surface area is 225 Å². The summed E-state index contributed by atoms with van der Waals surface area (Å²) < 4.78 is 48.0. The summed E-state index contributed by atoms with van der Waals surface area (Å²) in [4.78, 5) is 30.3. The number of carbonyl (C=O) groups excluding carboxylic acids is 2. The molecule has 2 amide bonds. The van der Waals surface area contributed by atoms with Crippen molar-refractivity contribution in [1.29, 1.82) is 0 Å². The lowest BCUT2D eigenvalue weighted by molar-refractivity contribution is -0.274. The number of hydrogen-bond acceptors (Lipinski definition) is 4. The summed E-state index contributed by atoms with van der Waals surface area (Å²) in [5, 5.41) is 0. The summed E-state index contributed by atoms with van der Waals surface area (Å²) in [5.74, 6) is -0.390. The lowest BCUT2D eigenvalue weighted by atomic mass is 10.0. The van der Waals surface area contributed by atoms with E-state index in [4.69, 9.17) is 4.74 Å². The molecular weight excluding hydrogens is 509 g/mol. The quantitative estimate of drug-likeness (QED) is 0.409. The van der Waals surface area contributed by atoms with Crippen LogP contribution in [0.5, 0.6) is 11.5 Å². The van der Waals surface area contributed by atoms with Crippen molar-refractivity contribution >= 4 is 11.8 Å². The van der Waals surface area contributed by atoms with Crippen LogP contribution in [0.4, 0.5) is 13.2 Å². The number of carbonyl (C=O) groups is 2. The van der Waals surface area contributed by atoms with Gasteiger partial charge in [-0.1, -0.05) is 42.5 Å². The molecule has 0 fully saturated rings. The zero-order valence-electron chi connectivity index (χ0n) is 21.7. The second kappa shape index (κ2) is 12.7. The van der Waals surface area contributed by atoms with Crippen LogP contribution < -0.4 is 9.47 Å². The fourth-order valence-electron chi connectivity index (χ4n) is 4.63. The smallest absolute Gasteiger partial charge is 0.491 e. The van der Waals surface area contributed by atoms with Crippen LogP contribution in [0.3, 0.4) is 0 Å². The van der Waals surface area contributed by atoms with E-state index in [9.17, 15) is 22.8 Å². The second-order valence-electron chi connectivity index (χ2n) is 9.51. The van der Waals surface area contributed by atoms with Gasteiger partial charge >= 0.3 is 6.36 Å². The van der Waals surface area contributed by atoms with Crippen molar-refractivity contribution in [3.63, 3.8) is 0 Å². The van der Waals surface area contributed by atoms with E-state index in [1.807, 2.05) is 30.3 Å². The summed E-state index contributed by atoms with van der Waals surface area (Å²) in [6, 6.07) is 21.3. The van der Waals surface area contributed by atoms with Gasteiger partial charge in [-0.3, -0.25) is 9.59 Å². The summed E-state index contributed by atoms with van der Waals surface area (Å²) >= 11 is 0. The van der Waals surface area contributed by atoms with Crippen LogP contribution in [0.2, 0.25) is 0 Å². The molecule has 1 aliphatic rings. The molecular formula is C30H31F3N2O4. The van der Waals surface area contributed by atoms with E-state index in [2.05, 4.69) is 4.74 Å². The Bertz CT molecular complexity index is 1250. The molecule has 0 radical (unpaired) electrons. The second-order valence-corrected chi connectivity index (χ2v) is 9.51. The Hall–Kier alpha value is -4.01. The Morgan fingerprint density at radius 2 is 1.59 bits per heavy atom. The standard InChI is InChI=1S/C30H31F3N2O4/c1-34-18-8-3-9-19-35(28(36)23-14-16-25(17-15-23)39-30(31,32)33)24(20-22-10-4-2-5-11-22)21-38-27-13-7-6-12-26(27)29(34)37/h2,4-7,10-17,24H,3,8-9,18-21H2,1H3/t24-/m1/s1. The van der Waals surface area contributed by atoms with Crippen molar-refractivity contribution in [3.8, 4) is 11.5 Å². The van der Waals surface area contributed by atoms with Crippen LogP contribution in [0.15, 0.2) is 78.9 Å². The summed E-state index contributed by atoms with van der Waals surface area (Å²) in [6.45, 7) is 1.12. The van der Waals surface area contributed by atoms with Crippen LogP contribution in [0.1, 0.15) is 45.5 Å². The minimum absolute atomic E-state index is 0.126. The summed E-state index contributed by atoms with van der Waals surface area (Å²) in [7, 11) is 1.76. The molecule has 206 valence electrons. The normalized spacial score (nSPS) is 17.2. The van der Waals surface area contributed by atoms with Gasteiger partial charge in [0.1, 0.15) is 18.1 Å². The molecule has 3 aromatic carbocycles. The first-order chi connectivity index (χ1) is 18.7. The van der Waals surface area contributed by atoms with Crippen LogP contribution in [0, 0.1) is 0 Å². The number of para-hydroxylation sites is 1. The van der Waals surface area contributed by atoms with E-state index < -0.39 is 18.2 Å². The number of fused-ring (bicyclic) bond motifs is 1. The van der Waals surface area contributed by atoms with Crippen LogP contribution in [-0.4, -0.2) is 60.8 Å². The molecule has 0 aromatic heterocycles. The van der Waals surface area contributed by atoms with Crippen LogP contribution in [0.25, 0.3) is 0 Å². The van der Waals surface area contributed by atoms with Crippen LogP contribution >= 0.6 is 0 Å². The predicted molar refractivity (Wildman–Crippen MR) is 141 cm³/mol. The SMILES string of the molecule is CN1CCCCCN(C(=O)c2ccc(OC(F)(F)F)cc2)[C@H](Cc2ccccc2)COc2ccccc2C1=O. The van der Waals surface area contributed by atoms with Gasteiger partial charge in [0.2, 0.25) is 0 Å². The molecule has 0 spiro atoms. The average molecular weight is 541 g/mol. The van der Waals surface area contributed by atoms with Gasteiger partial charge in [-0.15, -0.1) is 13.2 Å². The molecule has 1 aliphatic heterocycles. The fourth-order valence-corrected chi connectivity index (χ4v) is 4.63. The Morgan fingerprint density at radius 1 is 0.923 bits per heavy atom. The third-order valence-corrected chi connectivity index (χ3v) is 6.64. The number of benzene rings is 3. The van der Waals surface area contributed by atoms with E-state index in [0.717, 1.165) is 30.5 Å². The van der Waals surface area contributed by atoms with Gasteiger partial charge in [0.05, 0.1) is 11.6 Å². The number of amides is 2. The number of nitrogens with zero attached hydrogens (tertiary/aromatic N) is 2. The monoisotopic (exact) mass is 540 g/mol. The number of alkyl halides is 3. The zero-order chi connectivity index (χ0) is 27.8. The average Bonchev–Trinajstić information content (AvgIpc) is 2.93. The van der Waals surface area contributed by atoms with Gasteiger partial charge in [0.25, 0.3) is 11.8 Å². The predicted octanol–water partition coefficient (Wildman–Crippen LogP) is 5.97.